The number of carbonyl (C=O) groups excluding carboxylic acids is 1. The van der Waals surface area contributed by atoms with E-state index in [1.54, 1.807) is 15.8 Å². The van der Waals surface area contributed by atoms with Gasteiger partial charge in [-0.25, -0.2) is 0 Å². The van der Waals surface area contributed by atoms with Crippen LogP contribution in [-0.2, 0) is 20.0 Å². The van der Waals surface area contributed by atoms with Crippen LogP contribution in [0.25, 0.3) is 0 Å². The average molecular weight is 241 g/mol. The number of aryl methyl sites for hydroxylation is 2. The molecule has 92 valence electrons. The van der Waals surface area contributed by atoms with Crippen molar-refractivity contribution in [1.82, 2.24) is 9.78 Å². The van der Waals surface area contributed by atoms with Crippen LogP contribution in [0.5, 0.6) is 0 Å². The maximum Gasteiger partial charge on any atom is 0.259 e. The van der Waals surface area contributed by atoms with E-state index in [0.717, 1.165) is 23.2 Å². The number of benzene rings is 1. The maximum absolute atomic E-state index is 12.4. The Kier molecular flexibility index (Phi) is 2.44. The van der Waals surface area contributed by atoms with Crippen LogP contribution in [0, 0.1) is 0 Å². The number of nitrogens with zero attached hydrogens (tertiary/aromatic N) is 3. The Bertz CT molecular complexity index is 615. The Labute approximate surface area is 106 Å². The lowest BCUT2D eigenvalue weighted by Gasteiger charge is -2.12. The largest absolute Gasteiger partial charge is 0.301 e. The van der Waals surface area contributed by atoms with Gasteiger partial charge in [0.15, 0.2) is 0 Å². The maximum atomic E-state index is 12.4. The summed E-state index contributed by atoms with van der Waals surface area (Å²) in [6.45, 7) is 2.77. The zero-order valence-corrected chi connectivity index (χ0v) is 10.6. The molecule has 1 aromatic heterocycles. The lowest BCUT2D eigenvalue weighted by molar-refractivity contribution is 0.0996. The first-order valence-corrected chi connectivity index (χ1v) is 6.12. The highest BCUT2D eigenvalue weighted by Gasteiger charge is 2.30. The third-order valence-corrected chi connectivity index (χ3v) is 3.45. The van der Waals surface area contributed by atoms with E-state index in [1.807, 2.05) is 25.4 Å². The van der Waals surface area contributed by atoms with Gasteiger partial charge < -0.3 is 4.90 Å². The number of fused-ring (bicyclic) bond motifs is 1. The van der Waals surface area contributed by atoms with Gasteiger partial charge in [-0.1, -0.05) is 19.1 Å². The standard InChI is InChI=1S/C14H15N3O/c1-3-10-5-4-6-12-13(10)9-17(14(12)18)11-7-15-16(2)8-11/h4-8H,3,9H2,1-2H3. The number of rotatable bonds is 2. The van der Waals surface area contributed by atoms with Crippen molar-refractivity contribution in [1.29, 1.82) is 0 Å². The zero-order valence-electron chi connectivity index (χ0n) is 10.6. The second kappa shape index (κ2) is 3.98. The van der Waals surface area contributed by atoms with E-state index in [2.05, 4.69) is 18.1 Å². The van der Waals surface area contributed by atoms with Crippen molar-refractivity contribution in [2.75, 3.05) is 4.90 Å². The van der Waals surface area contributed by atoms with Gasteiger partial charge in [0.2, 0.25) is 0 Å². The summed E-state index contributed by atoms with van der Waals surface area (Å²) in [5, 5.41) is 4.12. The van der Waals surface area contributed by atoms with E-state index in [4.69, 9.17) is 0 Å². The molecule has 18 heavy (non-hydrogen) atoms. The van der Waals surface area contributed by atoms with Crippen molar-refractivity contribution in [2.45, 2.75) is 19.9 Å². The van der Waals surface area contributed by atoms with Crippen molar-refractivity contribution in [3.8, 4) is 0 Å². The molecule has 4 heteroatoms. The molecule has 1 amide bonds. The number of hydrogen-bond donors (Lipinski definition) is 0. The SMILES string of the molecule is CCc1cccc2c1CN(c1cnn(C)c1)C2=O. The first kappa shape index (κ1) is 11.0. The van der Waals surface area contributed by atoms with Crippen LogP contribution in [-0.4, -0.2) is 15.7 Å². The lowest BCUT2D eigenvalue weighted by Crippen LogP contribution is -2.22. The van der Waals surface area contributed by atoms with Crippen molar-refractivity contribution >= 4 is 11.6 Å². The van der Waals surface area contributed by atoms with Crippen molar-refractivity contribution in [3.05, 3.63) is 47.3 Å². The average Bonchev–Trinajstić information content (AvgIpc) is 2.94. The molecule has 1 aliphatic rings. The van der Waals surface area contributed by atoms with Gasteiger partial charge in [0.1, 0.15) is 0 Å². The normalized spacial score (nSPS) is 14.1. The van der Waals surface area contributed by atoms with Crippen LogP contribution in [0.3, 0.4) is 0 Å². The van der Waals surface area contributed by atoms with Gasteiger partial charge in [0, 0.05) is 18.8 Å². The van der Waals surface area contributed by atoms with Crippen molar-refractivity contribution < 1.29 is 4.79 Å². The van der Waals surface area contributed by atoms with Crippen LogP contribution >= 0.6 is 0 Å². The Hall–Kier alpha value is -2.10. The molecule has 0 aliphatic carbocycles. The van der Waals surface area contributed by atoms with Gasteiger partial charge in [0.05, 0.1) is 18.4 Å². The van der Waals surface area contributed by atoms with Gasteiger partial charge >= 0.3 is 0 Å². The summed E-state index contributed by atoms with van der Waals surface area (Å²) in [7, 11) is 1.86. The smallest absolute Gasteiger partial charge is 0.259 e. The number of aromatic nitrogens is 2. The molecule has 0 unspecified atom stereocenters. The Morgan fingerprint density at radius 1 is 1.39 bits per heavy atom. The summed E-state index contributed by atoms with van der Waals surface area (Å²) in [6, 6.07) is 5.97. The molecular weight excluding hydrogens is 226 g/mol. The summed E-state index contributed by atoms with van der Waals surface area (Å²) in [4.78, 5) is 14.2. The molecule has 3 rings (SSSR count). The topological polar surface area (TPSA) is 38.1 Å². The van der Waals surface area contributed by atoms with E-state index < -0.39 is 0 Å². The molecule has 2 heterocycles. The molecular formula is C14H15N3O. The second-order valence-electron chi connectivity index (χ2n) is 4.56. The lowest BCUT2D eigenvalue weighted by atomic mass is 10.0. The highest BCUT2D eigenvalue weighted by atomic mass is 16.2. The predicted octanol–water partition coefficient (Wildman–Crippen LogP) is 2.14. The molecule has 4 nitrogen and oxygen atoms in total. The molecule has 0 saturated carbocycles. The van der Waals surface area contributed by atoms with Crippen molar-refractivity contribution in [3.63, 3.8) is 0 Å². The highest BCUT2D eigenvalue weighted by Crippen LogP contribution is 2.30. The fraction of sp³-hybridized carbons (Fsp3) is 0.286. The number of carbonyl (C=O) groups is 1. The van der Waals surface area contributed by atoms with Gasteiger partial charge in [-0.15, -0.1) is 0 Å². The van der Waals surface area contributed by atoms with Crippen molar-refractivity contribution in [2.24, 2.45) is 7.05 Å². The van der Waals surface area contributed by atoms with E-state index in [0.29, 0.717) is 6.54 Å². The molecule has 0 N–H and O–H groups in total. The van der Waals surface area contributed by atoms with Crippen LogP contribution in [0.4, 0.5) is 5.69 Å². The first-order valence-electron chi connectivity index (χ1n) is 6.12. The summed E-state index contributed by atoms with van der Waals surface area (Å²) < 4.78 is 1.71. The summed E-state index contributed by atoms with van der Waals surface area (Å²) in [5.74, 6) is 0.0771. The summed E-state index contributed by atoms with van der Waals surface area (Å²) in [6.07, 6.45) is 4.56. The quantitative estimate of drug-likeness (QED) is 0.808. The Morgan fingerprint density at radius 2 is 2.22 bits per heavy atom. The fourth-order valence-electron chi connectivity index (χ4n) is 2.48. The van der Waals surface area contributed by atoms with Crippen LogP contribution in [0.2, 0.25) is 0 Å². The third-order valence-electron chi connectivity index (χ3n) is 3.45. The van der Waals surface area contributed by atoms with Crippen LogP contribution in [0.15, 0.2) is 30.6 Å². The van der Waals surface area contributed by atoms with Gasteiger partial charge in [0.25, 0.3) is 5.91 Å². The van der Waals surface area contributed by atoms with Gasteiger partial charge in [-0.05, 0) is 23.6 Å². The van der Waals surface area contributed by atoms with E-state index >= 15 is 0 Å². The predicted molar refractivity (Wildman–Crippen MR) is 69.5 cm³/mol. The molecule has 0 radical (unpaired) electrons. The molecule has 2 aromatic rings. The van der Waals surface area contributed by atoms with E-state index in [-0.39, 0.29) is 5.91 Å². The Morgan fingerprint density at radius 3 is 2.89 bits per heavy atom. The molecule has 1 aliphatic heterocycles. The van der Waals surface area contributed by atoms with Crippen LogP contribution < -0.4 is 4.90 Å². The minimum atomic E-state index is 0.0771. The summed E-state index contributed by atoms with van der Waals surface area (Å²) in [5.41, 5.74) is 4.11. The van der Waals surface area contributed by atoms with Gasteiger partial charge in [-0.3, -0.25) is 9.48 Å². The Balaban J connectivity index is 2.03. The molecule has 0 atom stereocenters. The van der Waals surface area contributed by atoms with Crippen LogP contribution in [0.1, 0.15) is 28.4 Å². The minimum Gasteiger partial charge on any atom is -0.301 e. The van der Waals surface area contributed by atoms with E-state index in [9.17, 15) is 4.79 Å². The number of hydrogen-bond acceptors (Lipinski definition) is 2. The third kappa shape index (κ3) is 1.53. The van der Waals surface area contributed by atoms with Gasteiger partial charge in [-0.2, -0.15) is 5.10 Å². The summed E-state index contributed by atoms with van der Waals surface area (Å²) >= 11 is 0. The number of amides is 1. The molecule has 0 bridgehead atoms. The zero-order chi connectivity index (χ0) is 12.7. The minimum absolute atomic E-state index is 0.0771. The second-order valence-corrected chi connectivity index (χ2v) is 4.56. The monoisotopic (exact) mass is 241 g/mol. The molecule has 1 aromatic carbocycles. The van der Waals surface area contributed by atoms with E-state index in [1.165, 1.54) is 5.56 Å². The molecule has 0 spiro atoms. The molecule has 0 saturated heterocycles. The first-order chi connectivity index (χ1) is 8.70. The molecule has 0 fully saturated rings. The fourth-order valence-corrected chi connectivity index (χ4v) is 2.48. The number of anilines is 1. The highest BCUT2D eigenvalue weighted by molar-refractivity contribution is 6.10.